The molecule has 146 valence electrons. The normalized spacial score (nSPS) is 17.7. The molecule has 1 unspecified atom stereocenters. The predicted molar refractivity (Wildman–Crippen MR) is 106 cm³/mol. The summed E-state index contributed by atoms with van der Waals surface area (Å²) in [4.78, 5) is 14.7. The summed E-state index contributed by atoms with van der Waals surface area (Å²) in [5, 5.41) is 0. The lowest BCUT2D eigenvalue weighted by Crippen LogP contribution is -2.46. The highest BCUT2D eigenvalue weighted by Gasteiger charge is 2.44. The molecular weight excluding hydrogens is 326 g/mol. The molecule has 0 N–H and O–H groups in total. The maximum atomic E-state index is 12.5. The molecule has 1 saturated carbocycles. The Balaban J connectivity index is 2.32. The highest BCUT2D eigenvalue weighted by molar-refractivity contribution is 5.70. The van der Waals surface area contributed by atoms with Crippen LogP contribution in [-0.4, -0.2) is 44.2 Å². The van der Waals surface area contributed by atoms with Crippen LogP contribution in [0.5, 0.6) is 5.75 Å². The van der Waals surface area contributed by atoms with E-state index in [9.17, 15) is 4.79 Å². The van der Waals surface area contributed by atoms with Gasteiger partial charge in [-0.05, 0) is 63.9 Å². The van der Waals surface area contributed by atoms with Crippen molar-refractivity contribution in [2.24, 2.45) is 0 Å². The van der Waals surface area contributed by atoms with Gasteiger partial charge in [0.2, 0.25) is 0 Å². The SMILES string of the molecule is CCCCC(=O)OC1(C(CN(C)C)c2ccc(OC)cc2)CCCCC1. The molecule has 0 saturated heterocycles. The summed E-state index contributed by atoms with van der Waals surface area (Å²) >= 11 is 0. The summed E-state index contributed by atoms with van der Waals surface area (Å²) in [6.45, 7) is 2.98. The van der Waals surface area contributed by atoms with Gasteiger partial charge in [0.1, 0.15) is 11.4 Å². The summed E-state index contributed by atoms with van der Waals surface area (Å²) in [5.74, 6) is 0.996. The Morgan fingerprint density at radius 2 is 1.81 bits per heavy atom. The van der Waals surface area contributed by atoms with Crippen LogP contribution in [0.4, 0.5) is 0 Å². The maximum Gasteiger partial charge on any atom is 0.306 e. The van der Waals surface area contributed by atoms with Crippen molar-refractivity contribution in [3.05, 3.63) is 29.8 Å². The largest absolute Gasteiger partial charge is 0.497 e. The van der Waals surface area contributed by atoms with Gasteiger partial charge in [-0.15, -0.1) is 0 Å². The fourth-order valence-electron chi connectivity index (χ4n) is 4.05. The summed E-state index contributed by atoms with van der Waals surface area (Å²) in [7, 11) is 5.86. The number of unbranched alkanes of at least 4 members (excludes halogenated alkanes) is 1. The van der Waals surface area contributed by atoms with Crippen LogP contribution >= 0.6 is 0 Å². The van der Waals surface area contributed by atoms with Gasteiger partial charge in [0.15, 0.2) is 0 Å². The monoisotopic (exact) mass is 361 g/mol. The van der Waals surface area contributed by atoms with E-state index < -0.39 is 0 Å². The minimum absolute atomic E-state index is 0.0361. The van der Waals surface area contributed by atoms with Gasteiger partial charge in [0.05, 0.1) is 7.11 Å². The fraction of sp³-hybridized carbons (Fsp3) is 0.682. The Bertz CT molecular complexity index is 547. The number of nitrogens with zero attached hydrogens (tertiary/aromatic N) is 1. The van der Waals surface area contributed by atoms with Gasteiger partial charge in [-0.1, -0.05) is 31.9 Å². The van der Waals surface area contributed by atoms with Crippen LogP contribution in [0.2, 0.25) is 0 Å². The Kier molecular flexibility index (Phi) is 7.95. The molecule has 1 aliphatic rings. The van der Waals surface area contributed by atoms with E-state index in [4.69, 9.17) is 9.47 Å². The standard InChI is InChI=1S/C22H35NO3/c1-5-6-10-21(24)26-22(15-8-7-9-16-22)20(17-23(2)3)18-11-13-19(25-4)14-12-18/h11-14,20H,5-10,15-17H2,1-4H3. The fourth-order valence-corrected chi connectivity index (χ4v) is 4.05. The number of methoxy groups -OCH3 is 1. The van der Waals surface area contributed by atoms with E-state index in [0.29, 0.717) is 6.42 Å². The molecule has 0 heterocycles. The second-order valence-corrected chi connectivity index (χ2v) is 7.79. The van der Waals surface area contributed by atoms with Gasteiger partial charge in [-0.2, -0.15) is 0 Å². The van der Waals surface area contributed by atoms with Gasteiger partial charge >= 0.3 is 5.97 Å². The lowest BCUT2D eigenvalue weighted by molar-refractivity contribution is -0.167. The van der Waals surface area contributed by atoms with Crippen LogP contribution in [-0.2, 0) is 9.53 Å². The molecular formula is C22H35NO3. The molecule has 0 radical (unpaired) electrons. The molecule has 4 nitrogen and oxygen atoms in total. The van der Waals surface area contributed by atoms with Crippen molar-refractivity contribution in [1.82, 2.24) is 4.90 Å². The van der Waals surface area contributed by atoms with Crippen LogP contribution in [0.15, 0.2) is 24.3 Å². The summed E-state index contributed by atoms with van der Waals surface area (Å²) in [6, 6.07) is 8.27. The van der Waals surface area contributed by atoms with Crippen LogP contribution in [0, 0.1) is 0 Å². The summed E-state index contributed by atoms with van der Waals surface area (Å²) in [5.41, 5.74) is 0.840. The first-order valence-electron chi connectivity index (χ1n) is 10.0. The molecule has 0 spiro atoms. The van der Waals surface area contributed by atoms with E-state index in [1.165, 1.54) is 12.0 Å². The zero-order chi connectivity index (χ0) is 19.0. The van der Waals surface area contributed by atoms with E-state index in [0.717, 1.165) is 50.8 Å². The Hall–Kier alpha value is -1.55. The highest BCUT2D eigenvalue weighted by Crippen LogP contribution is 2.44. The topological polar surface area (TPSA) is 38.8 Å². The molecule has 1 fully saturated rings. The Morgan fingerprint density at radius 3 is 2.35 bits per heavy atom. The molecule has 1 atom stereocenters. The number of esters is 1. The predicted octanol–water partition coefficient (Wildman–Crippen LogP) is 4.78. The average Bonchev–Trinajstić information content (AvgIpc) is 2.65. The van der Waals surface area contributed by atoms with E-state index in [2.05, 4.69) is 38.1 Å². The minimum atomic E-state index is -0.387. The number of carbonyl (C=O) groups excluding carboxylic acids is 1. The Labute approximate surface area is 158 Å². The van der Waals surface area contributed by atoms with Crippen LogP contribution < -0.4 is 4.74 Å². The molecule has 2 rings (SSSR count). The lowest BCUT2D eigenvalue weighted by Gasteiger charge is -2.44. The molecule has 0 amide bonds. The molecule has 1 aromatic rings. The van der Waals surface area contributed by atoms with Crippen molar-refractivity contribution in [3.8, 4) is 5.75 Å². The van der Waals surface area contributed by atoms with Crippen LogP contribution in [0.25, 0.3) is 0 Å². The summed E-state index contributed by atoms with van der Waals surface area (Å²) in [6.07, 6.45) is 7.83. The second-order valence-electron chi connectivity index (χ2n) is 7.79. The number of benzene rings is 1. The quantitative estimate of drug-likeness (QED) is 0.594. The van der Waals surface area contributed by atoms with Gasteiger partial charge in [0, 0.05) is 18.9 Å². The molecule has 26 heavy (non-hydrogen) atoms. The number of ether oxygens (including phenoxy) is 2. The first-order chi connectivity index (χ1) is 12.5. The number of rotatable bonds is 9. The first kappa shape index (κ1) is 20.8. The van der Waals surface area contributed by atoms with Gasteiger partial charge in [0.25, 0.3) is 0 Å². The third-order valence-corrected chi connectivity index (χ3v) is 5.45. The molecule has 4 heteroatoms. The number of likely N-dealkylation sites (N-methyl/N-ethyl adjacent to an activating group) is 1. The Morgan fingerprint density at radius 1 is 1.15 bits per heavy atom. The number of carbonyl (C=O) groups is 1. The van der Waals surface area contributed by atoms with Crippen molar-refractivity contribution in [2.45, 2.75) is 69.8 Å². The highest BCUT2D eigenvalue weighted by atomic mass is 16.6. The third-order valence-electron chi connectivity index (χ3n) is 5.45. The number of hydrogen-bond acceptors (Lipinski definition) is 4. The number of hydrogen-bond donors (Lipinski definition) is 0. The molecule has 1 aromatic carbocycles. The van der Waals surface area contributed by atoms with Crippen molar-refractivity contribution in [2.75, 3.05) is 27.7 Å². The van der Waals surface area contributed by atoms with Crippen molar-refractivity contribution in [1.29, 1.82) is 0 Å². The molecule has 0 aliphatic heterocycles. The lowest BCUT2D eigenvalue weighted by atomic mass is 9.72. The average molecular weight is 362 g/mol. The zero-order valence-electron chi connectivity index (χ0n) is 16.9. The molecule has 0 aromatic heterocycles. The van der Waals surface area contributed by atoms with E-state index in [-0.39, 0.29) is 17.5 Å². The summed E-state index contributed by atoms with van der Waals surface area (Å²) < 4.78 is 11.6. The van der Waals surface area contributed by atoms with E-state index in [1.54, 1.807) is 7.11 Å². The van der Waals surface area contributed by atoms with Gasteiger partial charge in [-0.25, -0.2) is 0 Å². The van der Waals surface area contributed by atoms with Crippen LogP contribution in [0.1, 0.15) is 69.8 Å². The second kappa shape index (κ2) is 9.96. The van der Waals surface area contributed by atoms with E-state index in [1.807, 2.05) is 12.1 Å². The maximum absolute atomic E-state index is 12.5. The van der Waals surface area contributed by atoms with Gasteiger partial charge in [-0.3, -0.25) is 4.79 Å². The first-order valence-corrected chi connectivity index (χ1v) is 10.0. The third kappa shape index (κ3) is 5.47. The van der Waals surface area contributed by atoms with Crippen LogP contribution in [0.3, 0.4) is 0 Å². The zero-order valence-corrected chi connectivity index (χ0v) is 16.9. The minimum Gasteiger partial charge on any atom is -0.497 e. The van der Waals surface area contributed by atoms with Crippen molar-refractivity contribution >= 4 is 5.97 Å². The van der Waals surface area contributed by atoms with Gasteiger partial charge < -0.3 is 14.4 Å². The molecule has 0 bridgehead atoms. The smallest absolute Gasteiger partial charge is 0.306 e. The van der Waals surface area contributed by atoms with E-state index >= 15 is 0 Å². The van der Waals surface area contributed by atoms with Crippen molar-refractivity contribution < 1.29 is 14.3 Å². The molecule has 1 aliphatic carbocycles. The van der Waals surface area contributed by atoms with Crippen molar-refractivity contribution in [3.63, 3.8) is 0 Å².